The van der Waals surface area contributed by atoms with Gasteiger partial charge in [0.25, 0.3) is 0 Å². The van der Waals surface area contributed by atoms with Crippen LogP contribution in [0.25, 0.3) is 0 Å². The molecular formula is C15H28O2. The summed E-state index contributed by atoms with van der Waals surface area (Å²) < 4.78 is 0. The van der Waals surface area contributed by atoms with E-state index in [2.05, 4.69) is 13.8 Å². The Labute approximate surface area is 105 Å². The Hall–Kier alpha value is -0.0800. The zero-order valence-corrected chi connectivity index (χ0v) is 11.5. The van der Waals surface area contributed by atoms with E-state index < -0.39 is 5.60 Å². The highest BCUT2D eigenvalue weighted by Gasteiger charge is 2.48. The highest BCUT2D eigenvalue weighted by molar-refractivity contribution is 4.98. The van der Waals surface area contributed by atoms with Crippen molar-refractivity contribution in [2.24, 2.45) is 29.6 Å². The van der Waals surface area contributed by atoms with Crippen LogP contribution in [0.2, 0.25) is 0 Å². The fourth-order valence-electron chi connectivity index (χ4n) is 4.39. The molecule has 100 valence electrons. The lowest BCUT2D eigenvalue weighted by Crippen LogP contribution is -2.50. The van der Waals surface area contributed by atoms with Gasteiger partial charge < -0.3 is 10.2 Å². The fraction of sp³-hybridized carbons (Fsp3) is 1.00. The molecule has 0 aromatic heterocycles. The van der Waals surface area contributed by atoms with Gasteiger partial charge in [-0.05, 0) is 68.6 Å². The van der Waals surface area contributed by atoms with Gasteiger partial charge in [0.2, 0.25) is 0 Å². The molecule has 2 fully saturated rings. The smallest absolute Gasteiger partial charge is 0.0650 e. The van der Waals surface area contributed by atoms with Gasteiger partial charge in [-0.1, -0.05) is 13.8 Å². The van der Waals surface area contributed by atoms with Crippen molar-refractivity contribution in [2.75, 3.05) is 6.61 Å². The molecule has 0 amide bonds. The molecule has 0 bridgehead atoms. The molecule has 2 aliphatic rings. The van der Waals surface area contributed by atoms with E-state index in [1.165, 1.54) is 0 Å². The highest BCUT2D eigenvalue weighted by Crippen LogP contribution is 2.51. The Morgan fingerprint density at radius 2 is 1.94 bits per heavy atom. The number of hydrogen-bond acceptors (Lipinski definition) is 2. The second-order valence-electron chi connectivity index (χ2n) is 6.94. The van der Waals surface area contributed by atoms with Gasteiger partial charge in [0.05, 0.1) is 5.60 Å². The van der Waals surface area contributed by atoms with Crippen LogP contribution in [-0.2, 0) is 0 Å². The monoisotopic (exact) mass is 240 g/mol. The normalized spacial score (nSPS) is 46.9. The van der Waals surface area contributed by atoms with Gasteiger partial charge in [-0.15, -0.1) is 0 Å². The predicted molar refractivity (Wildman–Crippen MR) is 69.6 cm³/mol. The van der Waals surface area contributed by atoms with Crippen LogP contribution in [0.1, 0.15) is 52.9 Å². The van der Waals surface area contributed by atoms with Crippen LogP contribution < -0.4 is 0 Å². The van der Waals surface area contributed by atoms with E-state index in [-0.39, 0.29) is 0 Å². The zero-order chi connectivity index (χ0) is 12.6. The summed E-state index contributed by atoms with van der Waals surface area (Å²) in [7, 11) is 0. The SMILES string of the molecule is CC(C)[C@@H]1CC[C@@](C)(O)[C@@H]2CC[C@@H](CO)C[C@H]21. The summed E-state index contributed by atoms with van der Waals surface area (Å²) in [5.74, 6) is 3.02. The van der Waals surface area contributed by atoms with Crippen LogP contribution in [0.15, 0.2) is 0 Å². The molecule has 0 radical (unpaired) electrons. The molecule has 0 aliphatic heterocycles. The maximum absolute atomic E-state index is 10.6. The molecule has 2 nitrogen and oxygen atoms in total. The Morgan fingerprint density at radius 3 is 2.53 bits per heavy atom. The Balaban J connectivity index is 2.16. The summed E-state index contributed by atoms with van der Waals surface area (Å²) in [5, 5.41) is 19.9. The van der Waals surface area contributed by atoms with Gasteiger partial charge in [-0.2, -0.15) is 0 Å². The van der Waals surface area contributed by atoms with Crippen molar-refractivity contribution in [3.63, 3.8) is 0 Å². The first-order valence-corrected chi connectivity index (χ1v) is 7.29. The lowest BCUT2D eigenvalue weighted by atomic mass is 9.56. The van der Waals surface area contributed by atoms with Gasteiger partial charge in [-0.3, -0.25) is 0 Å². The van der Waals surface area contributed by atoms with E-state index in [9.17, 15) is 10.2 Å². The maximum atomic E-state index is 10.6. The van der Waals surface area contributed by atoms with Crippen molar-refractivity contribution in [1.82, 2.24) is 0 Å². The molecule has 2 saturated carbocycles. The van der Waals surface area contributed by atoms with Crippen molar-refractivity contribution in [1.29, 1.82) is 0 Å². The van der Waals surface area contributed by atoms with Gasteiger partial charge in [0, 0.05) is 6.61 Å². The predicted octanol–water partition coefficient (Wildman–Crippen LogP) is 2.83. The van der Waals surface area contributed by atoms with E-state index in [0.29, 0.717) is 30.3 Å². The molecule has 5 atom stereocenters. The van der Waals surface area contributed by atoms with Crippen LogP contribution in [0.4, 0.5) is 0 Å². The highest BCUT2D eigenvalue weighted by atomic mass is 16.3. The largest absolute Gasteiger partial charge is 0.396 e. The topological polar surface area (TPSA) is 40.5 Å². The first kappa shape index (κ1) is 13.4. The van der Waals surface area contributed by atoms with Crippen LogP contribution >= 0.6 is 0 Å². The molecular weight excluding hydrogens is 212 g/mol. The lowest BCUT2D eigenvalue weighted by molar-refractivity contribution is -0.113. The third kappa shape index (κ3) is 2.53. The number of aliphatic hydroxyl groups is 2. The standard InChI is InChI=1S/C15H28O2/c1-10(2)12-6-7-15(3,17)14-5-4-11(9-16)8-13(12)14/h10-14,16-17H,4-9H2,1-3H3/t11-,12+,13+,14-,15-/m1/s1. The second kappa shape index (κ2) is 4.89. The van der Waals surface area contributed by atoms with Crippen LogP contribution in [0.5, 0.6) is 0 Å². The fourth-order valence-corrected chi connectivity index (χ4v) is 4.39. The van der Waals surface area contributed by atoms with Gasteiger partial charge in [0.1, 0.15) is 0 Å². The third-order valence-electron chi connectivity index (χ3n) is 5.46. The van der Waals surface area contributed by atoms with Crippen molar-refractivity contribution >= 4 is 0 Å². The van der Waals surface area contributed by atoms with Crippen molar-refractivity contribution in [3.8, 4) is 0 Å². The number of aliphatic hydroxyl groups excluding tert-OH is 1. The third-order valence-corrected chi connectivity index (χ3v) is 5.46. The average Bonchev–Trinajstić information content (AvgIpc) is 2.27. The van der Waals surface area contributed by atoms with Crippen LogP contribution in [0.3, 0.4) is 0 Å². The van der Waals surface area contributed by atoms with Crippen molar-refractivity contribution < 1.29 is 10.2 Å². The lowest BCUT2D eigenvalue weighted by Gasteiger charge is -2.52. The Kier molecular flexibility index (Phi) is 3.84. The van der Waals surface area contributed by atoms with Crippen LogP contribution in [0, 0.1) is 29.6 Å². The van der Waals surface area contributed by atoms with E-state index in [1.807, 2.05) is 6.92 Å². The summed E-state index contributed by atoms with van der Waals surface area (Å²) in [4.78, 5) is 0. The molecule has 0 spiro atoms. The van der Waals surface area contributed by atoms with Gasteiger partial charge in [0.15, 0.2) is 0 Å². The maximum Gasteiger partial charge on any atom is 0.0650 e. The van der Waals surface area contributed by atoms with E-state index in [4.69, 9.17) is 0 Å². The van der Waals surface area contributed by atoms with Gasteiger partial charge >= 0.3 is 0 Å². The molecule has 2 rings (SSSR count). The molecule has 0 saturated heterocycles. The average molecular weight is 240 g/mol. The van der Waals surface area contributed by atoms with Crippen molar-refractivity contribution in [2.45, 2.75) is 58.5 Å². The van der Waals surface area contributed by atoms with Crippen molar-refractivity contribution in [3.05, 3.63) is 0 Å². The molecule has 2 aliphatic carbocycles. The molecule has 2 N–H and O–H groups in total. The molecule has 0 unspecified atom stereocenters. The number of fused-ring (bicyclic) bond motifs is 1. The first-order chi connectivity index (χ1) is 7.95. The van der Waals surface area contributed by atoms with Crippen LogP contribution in [-0.4, -0.2) is 22.4 Å². The minimum absolute atomic E-state index is 0.330. The zero-order valence-electron chi connectivity index (χ0n) is 11.5. The second-order valence-corrected chi connectivity index (χ2v) is 6.94. The number of hydrogen-bond donors (Lipinski definition) is 2. The van der Waals surface area contributed by atoms with E-state index >= 15 is 0 Å². The molecule has 0 aromatic rings. The minimum Gasteiger partial charge on any atom is -0.396 e. The Morgan fingerprint density at radius 1 is 1.24 bits per heavy atom. The molecule has 0 heterocycles. The summed E-state index contributed by atoms with van der Waals surface area (Å²) in [5.41, 5.74) is -0.462. The van der Waals surface area contributed by atoms with E-state index in [0.717, 1.165) is 38.0 Å². The summed E-state index contributed by atoms with van der Waals surface area (Å²) in [6.07, 6.45) is 5.44. The molecule has 0 aromatic carbocycles. The van der Waals surface area contributed by atoms with Gasteiger partial charge in [-0.25, -0.2) is 0 Å². The summed E-state index contributed by atoms with van der Waals surface area (Å²) in [6.45, 7) is 6.98. The summed E-state index contributed by atoms with van der Waals surface area (Å²) >= 11 is 0. The Bertz CT molecular complexity index is 260. The minimum atomic E-state index is -0.462. The number of rotatable bonds is 2. The quantitative estimate of drug-likeness (QED) is 0.779. The summed E-state index contributed by atoms with van der Waals surface area (Å²) in [6, 6.07) is 0. The first-order valence-electron chi connectivity index (χ1n) is 7.29. The molecule has 17 heavy (non-hydrogen) atoms. The van der Waals surface area contributed by atoms with E-state index in [1.54, 1.807) is 0 Å². The molecule has 2 heteroatoms.